The number of H-pyrrole nitrogens is 2. The molecule has 3 aliphatic heterocycles. The minimum atomic E-state index is -2.72. The highest BCUT2D eigenvalue weighted by atomic mass is 35.5. The molecule has 0 unspecified atom stereocenters. The minimum absolute atomic E-state index is 0. The van der Waals surface area contributed by atoms with Gasteiger partial charge in [0.05, 0.1) is 48.1 Å². The number of nitrogens with one attached hydrogen (secondary N) is 4. The van der Waals surface area contributed by atoms with Crippen molar-refractivity contribution in [2.45, 2.75) is 49.7 Å². The fourth-order valence-electron chi connectivity index (χ4n) is 7.79. The Labute approximate surface area is 303 Å². The van der Waals surface area contributed by atoms with Gasteiger partial charge in [-0.2, -0.15) is 0 Å². The Morgan fingerprint density at radius 3 is 2.21 bits per heavy atom. The lowest BCUT2D eigenvalue weighted by Crippen LogP contribution is -2.48. The van der Waals surface area contributed by atoms with Crippen molar-refractivity contribution in [1.29, 1.82) is 0 Å². The second-order valence-corrected chi connectivity index (χ2v) is 13.6. The second kappa shape index (κ2) is 12.9. The van der Waals surface area contributed by atoms with E-state index in [1.165, 1.54) is 0 Å². The predicted molar refractivity (Wildman–Crippen MR) is 196 cm³/mol. The van der Waals surface area contributed by atoms with Gasteiger partial charge in [-0.3, -0.25) is 9.69 Å². The van der Waals surface area contributed by atoms with Gasteiger partial charge in [-0.05, 0) is 63.6 Å². The summed E-state index contributed by atoms with van der Waals surface area (Å²) in [6.07, 6.45) is 3.59. The number of nitrogens with zero attached hydrogens (tertiary/aromatic N) is 3. The van der Waals surface area contributed by atoms with E-state index in [0.29, 0.717) is 30.9 Å². The number of aromatic amines is 2. The summed E-state index contributed by atoms with van der Waals surface area (Å²) in [5, 5.41) is 16.8. The molecular weight excluding hydrogens is 688 g/mol. The molecule has 2 amide bonds. The molecule has 6 aromatic rings. The number of para-hydroxylation sites is 1. The average Bonchev–Trinajstić information content (AvgIpc) is 3.93. The Balaban J connectivity index is 0.00000387. The van der Waals surface area contributed by atoms with Crippen LogP contribution in [0.25, 0.3) is 44.4 Å². The highest BCUT2D eigenvalue weighted by Gasteiger charge is 2.43. The smallest absolute Gasteiger partial charge is 0.405 e. The number of imidazole rings is 2. The van der Waals surface area contributed by atoms with Crippen molar-refractivity contribution in [2.24, 2.45) is 0 Å². The molecule has 0 saturated carbocycles. The third-order valence-electron chi connectivity index (χ3n) is 10.3. The molecule has 0 bridgehead atoms. The molecule has 4 aromatic carbocycles. The van der Waals surface area contributed by atoms with Gasteiger partial charge in [-0.1, -0.05) is 66.7 Å². The zero-order valence-electron chi connectivity index (χ0n) is 27.7. The Kier molecular flexibility index (Phi) is 8.31. The summed E-state index contributed by atoms with van der Waals surface area (Å²) in [5.74, 6) is -1.81. The first-order valence-corrected chi connectivity index (χ1v) is 17.0. The number of halogens is 3. The van der Waals surface area contributed by atoms with E-state index >= 15 is 0 Å². The van der Waals surface area contributed by atoms with Crippen LogP contribution in [0.5, 0.6) is 0 Å². The standard InChI is InChI=1S/C39H33F2N7O3.ClH/c40-39(41)17-30(44-20-39)35-42-19-32(45-35)27-11-10-25-14-24(8-9-26(25)15-27)21-4-6-22(7-5-21)31-18-43-36(46-31)33-16-28-3-1-2-23-12-13-29(47-38(50)51)37(49)48(33)34(23)28;/h1-11,14-15,18-19,29-30,33,44,47H,12-13,16-17,20H2,(H,42,45)(H,43,46)(H,50,51);1H/t29-,30-,33-;/m0./s1. The molecule has 3 atom stereocenters. The fourth-order valence-corrected chi connectivity index (χ4v) is 7.79. The first kappa shape index (κ1) is 33.5. The van der Waals surface area contributed by atoms with Gasteiger partial charge in [-0.15, -0.1) is 12.4 Å². The van der Waals surface area contributed by atoms with Crippen molar-refractivity contribution in [1.82, 2.24) is 30.6 Å². The number of anilines is 1. The summed E-state index contributed by atoms with van der Waals surface area (Å²) < 4.78 is 27.4. The summed E-state index contributed by atoms with van der Waals surface area (Å²) >= 11 is 0. The topological polar surface area (TPSA) is 139 Å². The molecule has 0 aliphatic carbocycles. The van der Waals surface area contributed by atoms with Gasteiger partial charge in [0.1, 0.15) is 17.7 Å². The molecule has 264 valence electrons. The summed E-state index contributed by atoms with van der Waals surface area (Å²) in [4.78, 5) is 42.7. The normalized spacial score (nSPS) is 20.4. The van der Waals surface area contributed by atoms with Gasteiger partial charge in [0, 0.05) is 18.4 Å². The third kappa shape index (κ3) is 5.97. The number of hydrogen-bond acceptors (Lipinski definition) is 5. The summed E-state index contributed by atoms with van der Waals surface area (Å²) in [7, 11) is 0. The van der Waals surface area contributed by atoms with Crippen LogP contribution >= 0.6 is 12.4 Å². The van der Waals surface area contributed by atoms with E-state index < -0.39 is 24.1 Å². The third-order valence-corrected chi connectivity index (χ3v) is 10.3. The van der Waals surface area contributed by atoms with Crippen molar-refractivity contribution in [3.05, 3.63) is 114 Å². The van der Waals surface area contributed by atoms with Crippen molar-refractivity contribution in [2.75, 3.05) is 11.4 Å². The van der Waals surface area contributed by atoms with Crippen LogP contribution in [-0.2, 0) is 17.6 Å². The molecule has 0 spiro atoms. The average molecular weight is 722 g/mol. The second-order valence-electron chi connectivity index (χ2n) is 13.6. The molecule has 5 heterocycles. The monoisotopic (exact) mass is 721 g/mol. The van der Waals surface area contributed by atoms with E-state index in [1.54, 1.807) is 17.3 Å². The SMILES string of the molecule is Cl.O=C(O)N[C@H]1CCc2cccc3c2N(C1=O)[C@H](c1ncc(-c2ccc(-c4ccc5cc(-c6cnc([C@@H]7CC(F)(F)CN7)[nH]6)ccc5c4)cc2)[nH]1)C3. The number of amides is 2. The zero-order valence-corrected chi connectivity index (χ0v) is 28.5. The highest BCUT2D eigenvalue weighted by molar-refractivity contribution is 6.02. The maximum absolute atomic E-state index is 13.7. The van der Waals surface area contributed by atoms with E-state index in [-0.39, 0.29) is 37.3 Å². The summed E-state index contributed by atoms with van der Waals surface area (Å²) in [5.41, 5.74) is 8.56. The number of benzene rings is 4. The van der Waals surface area contributed by atoms with Crippen LogP contribution in [0.4, 0.5) is 19.3 Å². The predicted octanol–water partition coefficient (Wildman–Crippen LogP) is 7.59. The number of fused-ring (bicyclic) bond motifs is 1. The number of carbonyl (C=O) groups is 2. The molecule has 52 heavy (non-hydrogen) atoms. The Morgan fingerprint density at radius 1 is 0.846 bits per heavy atom. The van der Waals surface area contributed by atoms with Crippen LogP contribution in [0.3, 0.4) is 0 Å². The van der Waals surface area contributed by atoms with Crippen molar-refractivity contribution in [3.63, 3.8) is 0 Å². The van der Waals surface area contributed by atoms with E-state index in [4.69, 9.17) is 4.98 Å². The molecule has 9 rings (SSSR count). The lowest BCUT2D eigenvalue weighted by molar-refractivity contribution is -0.120. The Morgan fingerprint density at radius 2 is 1.48 bits per heavy atom. The molecule has 13 heteroatoms. The number of hydrogen-bond donors (Lipinski definition) is 5. The summed E-state index contributed by atoms with van der Waals surface area (Å²) in [6.45, 7) is -0.338. The van der Waals surface area contributed by atoms with E-state index in [0.717, 1.165) is 61.2 Å². The van der Waals surface area contributed by atoms with Gasteiger partial charge < -0.3 is 25.7 Å². The molecule has 5 N–H and O–H groups in total. The van der Waals surface area contributed by atoms with Gasteiger partial charge in [0.15, 0.2) is 0 Å². The number of alkyl halides is 2. The maximum Gasteiger partial charge on any atom is 0.405 e. The van der Waals surface area contributed by atoms with Crippen molar-refractivity contribution < 1.29 is 23.5 Å². The van der Waals surface area contributed by atoms with Crippen LogP contribution < -0.4 is 15.5 Å². The number of carboxylic acid groups (broad SMARTS) is 1. The van der Waals surface area contributed by atoms with E-state index in [9.17, 15) is 23.5 Å². The fraction of sp³-hybridized carbons (Fsp3) is 0.231. The van der Waals surface area contributed by atoms with Crippen molar-refractivity contribution >= 4 is 40.9 Å². The Bertz CT molecular complexity index is 2340. The number of rotatable bonds is 6. The van der Waals surface area contributed by atoms with Crippen LogP contribution in [0.15, 0.2) is 91.3 Å². The summed E-state index contributed by atoms with van der Waals surface area (Å²) in [6, 6.07) is 25.0. The minimum Gasteiger partial charge on any atom is -0.465 e. The molecular formula is C39H34ClF2N7O3. The van der Waals surface area contributed by atoms with Crippen LogP contribution in [0.1, 0.15) is 47.7 Å². The molecule has 2 aromatic heterocycles. The maximum atomic E-state index is 13.7. The van der Waals surface area contributed by atoms with Crippen LogP contribution in [-0.4, -0.2) is 55.6 Å². The van der Waals surface area contributed by atoms with Gasteiger partial charge in [0.25, 0.3) is 5.92 Å². The lowest BCUT2D eigenvalue weighted by atomic mass is 9.98. The Hall–Kier alpha value is -5.59. The molecule has 0 radical (unpaired) electrons. The highest BCUT2D eigenvalue weighted by Crippen LogP contribution is 2.44. The first-order valence-electron chi connectivity index (χ1n) is 17.0. The van der Waals surface area contributed by atoms with Gasteiger partial charge in [-0.25, -0.2) is 23.5 Å². The van der Waals surface area contributed by atoms with E-state index in [2.05, 4.69) is 68.1 Å². The number of aryl methyl sites for hydroxylation is 1. The van der Waals surface area contributed by atoms with Crippen LogP contribution in [0, 0.1) is 0 Å². The van der Waals surface area contributed by atoms with Crippen molar-refractivity contribution in [3.8, 4) is 33.6 Å². The van der Waals surface area contributed by atoms with Gasteiger partial charge in [0.2, 0.25) is 5.91 Å². The molecule has 10 nitrogen and oxygen atoms in total. The first-order chi connectivity index (χ1) is 24.7. The molecule has 1 fully saturated rings. The molecule has 3 aliphatic rings. The van der Waals surface area contributed by atoms with Crippen LogP contribution in [0.2, 0.25) is 0 Å². The molecule has 1 saturated heterocycles. The van der Waals surface area contributed by atoms with Gasteiger partial charge >= 0.3 is 6.09 Å². The lowest BCUT2D eigenvalue weighted by Gasteiger charge is -2.27. The number of aromatic nitrogens is 4. The largest absolute Gasteiger partial charge is 0.465 e. The quantitative estimate of drug-likeness (QED) is 0.120. The van der Waals surface area contributed by atoms with E-state index in [1.807, 2.05) is 36.4 Å². The number of carbonyl (C=O) groups excluding carboxylic acids is 1. The zero-order chi connectivity index (χ0) is 34.9.